The highest BCUT2D eigenvalue weighted by Crippen LogP contribution is 2.15. The number of amides is 1. The molecular formula is C17H24N4O. The summed E-state index contributed by atoms with van der Waals surface area (Å²) in [4.78, 5) is 14.4. The molecule has 1 aromatic heterocycles. The van der Waals surface area contributed by atoms with Crippen molar-refractivity contribution in [3.63, 3.8) is 0 Å². The predicted octanol–water partition coefficient (Wildman–Crippen LogP) is 2.28. The lowest BCUT2D eigenvalue weighted by Crippen LogP contribution is -2.16. The number of carbonyl (C=O) groups excluding carboxylic acids is 1. The number of aromatic nitrogens is 2. The molecule has 2 rings (SSSR count). The van der Waals surface area contributed by atoms with Gasteiger partial charge in [-0.2, -0.15) is 5.10 Å². The molecule has 0 aliphatic heterocycles. The van der Waals surface area contributed by atoms with Gasteiger partial charge in [0.25, 0.3) is 0 Å². The average Bonchev–Trinajstić information content (AvgIpc) is 2.65. The van der Waals surface area contributed by atoms with E-state index < -0.39 is 0 Å². The minimum Gasteiger partial charge on any atom is -0.326 e. The van der Waals surface area contributed by atoms with Gasteiger partial charge in [-0.25, -0.2) is 0 Å². The van der Waals surface area contributed by atoms with Crippen LogP contribution in [0.3, 0.4) is 0 Å². The number of hydrogen-bond acceptors (Lipinski definition) is 3. The maximum Gasteiger partial charge on any atom is 0.228 e. The smallest absolute Gasteiger partial charge is 0.228 e. The van der Waals surface area contributed by atoms with E-state index in [1.165, 1.54) is 5.56 Å². The van der Waals surface area contributed by atoms with Crippen molar-refractivity contribution in [2.24, 2.45) is 7.05 Å². The first-order chi connectivity index (χ1) is 10.4. The fourth-order valence-corrected chi connectivity index (χ4v) is 2.55. The van der Waals surface area contributed by atoms with E-state index in [2.05, 4.69) is 21.4 Å². The second-order valence-corrected chi connectivity index (χ2v) is 5.94. The lowest BCUT2D eigenvalue weighted by molar-refractivity contribution is -0.115. The van der Waals surface area contributed by atoms with Gasteiger partial charge in [-0.1, -0.05) is 12.1 Å². The maximum atomic E-state index is 12.3. The zero-order valence-corrected chi connectivity index (χ0v) is 14.0. The van der Waals surface area contributed by atoms with Crippen LogP contribution in [0.4, 0.5) is 5.69 Å². The Morgan fingerprint density at radius 1 is 1.32 bits per heavy atom. The first-order valence-electron chi connectivity index (χ1n) is 7.39. The molecule has 5 heteroatoms. The van der Waals surface area contributed by atoms with Crippen LogP contribution in [0.25, 0.3) is 0 Å². The molecule has 0 spiro atoms. The fourth-order valence-electron chi connectivity index (χ4n) is 2.55. The second kappa shape index (κ2) is 6.75. The average molecular weight is 300 g/mol. The first kappa shape index (κ1) is 16.2. The van der Waals surface area contributed by atoms with Crippen LogP contribution in [-0.2, 0) is 24.8 Å². The van der Waals surface area contributed by atoms with Crippen molar-refractivity contribution in [1.29, 1.82) is 0 Å². The molecule has 0 fully saturated rings. The van der Waals surface area contributed by atoms with E-state index in [9.17, 15) is 4.79 Å². The van der Waals surface area contributed by atoms with Gasteiger partial charge in [-0.3, -0.25) is 9.48 Å². The first-order valence-corrected chi connectivity index (χ1v) is 7.39. The van der Waals surface area contributed by atoms with Crippen LogP contribution in [-0.4, -0.2) is 34.7 Å². The van der Waals surface area contributed by atoms with Crippen LogP contribution in [0, 0.1) is 13.8 Å². The summed E-state index contributed by atoms with van der Waals surface area (Å²) in [7, 11) is 5.95. The highest BCUT2D eigenvalue weighted by Gasteiger charge is 2.13. The van der Waals surface area contributed by atoms with Gasteiger partial charge in [-0.15, -0.1) is 0 Å². The molecule has 0 aliphatic rings. The van der Waals surface area contributed by atoms with Crippen molar-refractivity contribution in [3.8, 4) is 0 Å². The van der Waals surface area contributed by atoms with E-state index in [1.54, 1.807) is 0 Å². The zero-order chi connectivity index (χ0) is 16.3. The van der Waals surface area contributed by atoms with Crippen LogP contribution in [0.1, 0.15) is 22.5 Å². The largest absolute Gasteiger partial charge is 0.326 e. The normalized spacial score (nSPS) is 11.0. The van der Waals surface area contributed by atoms with E-state index in [-0.39, 0.29) is 5.91 Å². The number of anilines is 1. The molecule has 0 radical (unpaired) electrons. The molecule has 5 nitrogen and oxygen atoms in total. The zero-order valence-electron chi connectivity index (χ0n) is 14.0. The molecule has 0 saturated carbocycles. The summed E-state index contributed by atoms with van der Waals surface area (Å²) >= 11 is 0. The number of aryl methyl sites for hydroxylation is 2. The van der Waals surface area contributed by atoms with Crippen molar-refractivity contribution in [1.82, 2.24) is 14.7 Å². The Balaban J connectivity index is 2.06. The highest BCUT2D eigenvalue weighted by atomic mass is 16.1. The van der Waals surface area contributed by atoms with Gasteiger partial charge in [0.05, 0.1) is 12.1 Å². The molecule has 1 amide bonds. The Morgan fingerprint density at radius 3 is 2.64 bits per heavy atom. The van der Waals surface area contributed by atoms with Gasteiger partial charge >= 0.3 is 0 Å². The van der Waals surface area contributed by atoms with Gasteiger partial charge in [0.15, 0.2) is 0 Å². The van der Waals surface area contributed by atoms with E-state index in [1.807, 2.05) is 57.9 Å². The Bertz CT molecular complexity index is 673. The number of benzene rings is 1. The molecule has 1 N–H and O–H groups in total. The molecule has 0 unspecified atom stereocenters. The van der Waals surface area contributed by atoms with Crippen LogP contribution in [0.5, 0.6) is 0 Å². The van der Waals surface area contributed by atoms with Crippen molar-refractivity contribution in [3.05, 3.63) is 46.8 Å². The Hall–Kier alpha value is -2.14. The molecule has 1 aromatic carbocycles. The third-order valence-corrected chi connectivity index (χ3v) is 3.71. The minimum atomic E-state index is -0.0128. The van der Waals surface area contributed by atoms with Crippen molar-refractivity contribution >= 4 is 11.6 Å². The molecule has 1 heterocycles. The Morgan fingerprint density at radius 2 is 2.05 bits per heavy atom. The minimum absolute atomic E-state index is 0.0128. The van der Waals surface area contributed by atoms with Crippen LogP contribution in [0.15, 0.2) is 24.3 Å². The highest BCUT2D eigenvalue weighted by molar-refractivity contribution is 5.92. The summed E-state index contributed by atoms with van der Waals surface area (Å²) in [5.74, 6) is -0.0128. The topological polar surface area (TPSA) is 50.2 Å². The van der Waals surface area contributed by atoms with E-state index in [0.29, 0.717) is 6.42 Å². The molecule has 0 saturated heterocycles. The molecule has 22 heavy (non-hydrogen) atoms. The van der Waals surface area contributed by atoms with Crippen molar-refractivity contribution in [2.45, 2.75) is 26.8 Å². The molecule has 0 aliphatic carbocycles. The van der Waals surface area contributed by atoms with E-state index in [0.717, 1.165) is 29.2 Å². The predicted molar refractivity (Wildman–Crippen MR) is 88.8 cm³/mol. The number of nitrogens with one attached hydrogen (secondary N) is 1. The lowest BCUT2D eigenvalue weighted by atomic mass is 10.1. The monoisotopic (exact) mass is 300 g/mol. The van der Waals surface area contributed by atoms with E-state index >= 15 is 0 Å². The van der Waals surface area contributed by atoms with Gasteiger partial charge in [0.2, 0.25) is 5.91 Å². The van der Waals surface area contributed by atoms with Gasteiger partial charge in [-0.05, 0) is 45.6 Å². The fraction of sp³-hybridized carbons (Fsp3) is 0.412. The maximum absolute atomic E-state index is 12.3. The second-order valence-electron chi connectivity index (χ2n) is 5.94. The van der Waals surface area contributed by atoms with Crippen molar-refractivity contribution in [2.75, 3.05) is 19.4 Å². The third kappa shape index (κ3) is 3.95. The van der Waals surface area contributed by atoms with Crippen LogP contribution < -0.4 is 5.32 Å². The summed E-state index contributed by atoms with van der Waals surface area (Å²) in [6, 6.07) is 7.96. The lowest BCUT2D eigenvalue weighted by Gasteiger charge is -2.11. The Labute approximate surface area is 131 Å². The number of nitrogens with zero attached hydrogens (tertiary/aromatic N) is 3. The van der Waals surface area contributed by atoms with E-state index in [4.69, 9.17) is 0 Å². The summed E-state index contributed by atoms with van der Waals surface area (Å²) in [5.41, 5.74) is 4.97. The van der Waals surface area contributed by atoms with Crippen LogP contribution >= 0.6 is 0 Å². The van der Waals surface area contributed by atoms with Gasteiger partial charge < -0.3 is 10.2 Å². The molecular weight excluding hydrogens is 276 g/mol. The summed E-state index contributed by atoms with van der Waals surface area (Å²) in [6.45, 7) is 4.78. The number of rotatable bonds is 5. The molecule has 118 valence electrons. The number of carbonyl (C=O) groups is 1. The summed E-state index contributed by atoms with van der Waals surface area (Å²) in [5, 5.41) is 7.32. The molecule has 0 atom stereocenters. The SMILES string of the molecule is Cc1nn(C)c(C)c1CC(=O)Nc1cccc(CN(C)C)c1. The van der Waals surface area contributed by atoms with Gasteiger partial charge in [0, 0.05) is 30.5 Å². The van der Waals surface area contributed by atoms with Crippen molar-refractivity contribution < 1.29 is 4.79 Å². The third-order valence-electron chi connectivity index (χ3n) is 3.71. The standard InChI is InChI=1S/C17H24N4O/c1-12-16(13(2)21(5)19-12)10-17(22)18-15-8-6-7-14(9-15)11-20(3)4/h6-9H,10-11H2,1-5H3,(H,18,22). The Kier molecular flexibility index (Phi) is 4.98. The summed E-state index contributed by atoms with van der Waals surface area (Å²) < 4.78 is 1.82. The number of hydrogen-bond donors (Lipinski definition) is 1. The summed E-state index contributed by atoms with van der Waals surface area (Å²) in [6.07, 6.45) is 0.351. The van der Waals surface area contributed by atoms with Crippen LogP contribution in [0.2, 0.25) is 0 Å². The van der Waals surface area contributed by atoms with Gasteiger partial charge in [0.1, 0.15) is 0 Å². The molecule has 2 aromatic rings. The quantitative estimate of drug-likeness (QED) is 0.921. The molecule has 0 bridgehead atoms.